The van der Waals surface area contributed by atoms with Crippen LogP contribution < -0.4 is 10.6 Å². The first-order valence-corrected chi connectivity index (χ1v) is 9.27. The van der Waals surface area contributed by atoms with E-state index in [4.69, 9.17) is 4.74 Å². The molecule has 0 bridgehead atoms. The predicted molar refractivity (Wildman–Crippen MR) is 104 cm³/mol. The summed E-state index contributed by atoms with van der Waals surface area (Å²) < 4.78 is 6.14. The number of allylic oxidation sites excluding steroid dienone is 4. The lowest BCUT2D eigenvalue weighted by molar-refractivity contribution is -0.442. The normalized spacial score (nSPS) is 18.5. The fourth-order valence-corrected chi connectivity index (χ4v) is 3.24. The quantitative estimate of drug-likeness (QED) is 0.559. The molecule has 0 unspecified atom stereocenters. The number of fused-ring (bicyclic) bond motifs is 1. The number of benzene rings is 1. The third kappa shape index (κ3) is 4.73. The van der Waals surface area contributed by atoms with Gasteiger partial charge < -0.3 is 15.4 Å². The lowest BCUT2D eigenvalue weighted by atomic mass is 10.1. The minimum absolute atomic E-state index is 0.187. The molecule has 0 aromatic heterocycles. The molecule has 1 aliphatic carbocycles. The number of amides is 2. The molecular weight excluding hydrogens is 358 g/mol. The number of hydrogen-bond acceptors (Lipinski definition) is 5. The maximum Gasteiger partial charge on any atom is 0.412 e. The highest BCUT2D eigenvalue weighted by Crippen LogP contribution is 2.12. The Morgan fingerprint density at radius 2 is 2.07 bits per heavy atom. The van der Waals surface area contributed by atoms with E-state index in [9.17, 15) is 14.4 Å². The number of esters is 1. The van der Waals surface area contributed by atoms with Gasteiger partial charge in [-0.05, 0) is 18.1 Å². The van der Waals surface area contributed by atoms with E-state index in [1.807, 2.05) is 48.6 Å². The second kappa shape index (κ2) is 9.12. The van der Waals surface area contributed by atoms with Crippen LogP contribution in [-0.2, 0) is 25.5 Å². The monoisotopic (exact) mass is 382 g/mol. The molecule has 1 aliphatic heterocycles. The number of carbonyl (C=O) groups excluding carboxylic acids is 3. The van der Waals surface area contributed by atoms with Gasteiger partial charge in [0.2, 0.25) is 18.2 Å². The lowest BCUT2D eigenvalue weighted by Crippen LogP contribution is -2.49. The van der Waals surface area contributed by atoms with Crippen molar-refractivity contribution in [3.63, 3.8) is 0 Å². The Labute approximate surface area is 163 Å². The van der Waals surface area contributed by atoms with Gasteiger partial charge in [-0.25, -0.2) is 9.59 Å². The molecule has 146 valence electrons. The summed E-state index contributed by atoms with van der Waals surface area (Å²) in [7, 11) is 1.29. The number of hydrogen-bond donors (Lipinski definition) is 2. The first-order chi connectivity index (χ1) is 13.6. The average Bonchev–Trinajstić information content (AvgIpc) is 2.85. The number of rotatable bonds is 6. The van der Waals surface area contributed by atoms with E-state index in [0.29, 0.717) is 18.6 Å². The van der Waals surface area contributed by atoms with Gasteiger partial charge in [-0.1, -0.05) is 42.5 Å². The first-order valence-electron chi connectivity index (χ1n) is 9.27. The first kappa shape index (κ1) is 19.5. The SMILES string of the molecule is COC(=O)C[N+]1=C2CC=CC=C2NC[C@H](NC(=O)CCc2ccccc2)C1=O. The van der Waals surface area contributed by atoms with E-state index in [2.05, 4.69) is 10.6 Å². The van der Waals surface area contributed by atoms with E-state index in [0.717, 1.165) is 11.3 Å². The minimum atomic E-state index is -0.757. The van der Waals surface area contributed by atoms with Gasteiger partial charge in [0.15, 0.2) is 6.04 Å². The van der Waals surface area contributed by atoms with Crippen LogP contribution in [0, 0.1) is 0 Å². The molecule has 7 nitrogen and oxygen atoms in total. The molecule has 2 aliphatic rings. The number of methoxy groups -OCH3 is 1. The molecule has 2 N–H and O–H groups in total. The van der Waals surface area contributed by atoms with Gasteiger partial charge in [0.05, 0.1) is 13.5 Å². The van der Waals surface area contributed by atoms with Crippen molar-refractivity contribution in [3.05, 3.63) is 59.8 Å². The van der Waals surface area contributed by atoms with E-state index in [-0.39, 0.29) is 31.3 Å². The highest BCUT2D eigenvalue weighted by atomic mass is 16.5. The van der Waals surface area contributed by atoms with Crippen LogP contribution in [0.25, 0.3) is 0 Å². The van der Waals surface area contributed by atoms with E-state index < -0.39 is 12.0 Å². The summed E-state index contributed by atoms with van der Waals surface area (Å²) in [4.78, 5) is 37.3. The molecule has 1 heterocycles. The van der Waals surface area contributed by atoms with E-state index in [1.165, 1.54) is 11.7 Å². The number of aryl methyl sites for hydroxylation is 1. The zero-order valence-electron chi connectivity index (χ0n) is 15.8. The molecule has 3 rings (SSSR count). The van der Waals surface area contributed by atoms with Crippen molar-refractivity contribution in [1.29, 1.82) is 0 Å². The summed E-state index contributed by atoms with van der Waals surface area (Å²) in [5.41, 5.74) is 2.55. The van der Waals surface area contributed by atoms with E-state index in [1.54, 1.807) is 0 Å². The molecule has 1 aromatic carbocycles. The van der Waals surface area contributed by atoms with Gasteiger partial charge in [0.1, 0.15) is 5.70 Å². The van der Waals surface area contributed by atoms with Gasteiger partial charge in [-0.3, -0.25) is 4.79 Å². The Hall–Kier alpha value is -3.22. The molecule has 0 fully saturated rings. The number of carbonyl (C=O) groups is 3. The van der Waals surface area contributed by atoms with Gasteiger partial charge in [0.25, 0.3) is 0 Å². The Kier molecular flexibility index (Phi) is 6.37. The van der Waals surface area contributed by atoms with Crippen molar-refractivity contribution >= 4 is 23.5 Å². The molecule has 0 spiro atoms. The van der Waals surface area contributed by atoms with Crippen molar-refractivity contribution in [2.75, 3.05) is 20.2 Å². The summed E-state index contributed by atoms with van der Waals surface area (Å²) in [6, 6.07) is 8.95. The Balaban J connectivity index is 1.71. The fraction of sp³-hybridized carbons (Fsp3) is 0.333. The zero-order valence-corrected chi connectivity index (χ0v) is 15.8. The number of ether oxygens (including phenoxy) is 1. The average molecular weight is 382 g/mol. The predicted octanol–water partition coefficient (Wildman–Crippen LogP) is 0.704. The largest absolute Gasteiger partial charge is 0.464 e. The Morgan fingerprint density at radius 1 is 1.29 bits per heavy atom. The van der Waals surface area contributed by atoms with Crippen LogP contribution in [0.2, 0.25) is 0 Å². The number of nitrogens with zero attached hydrogens (tertiary/aromatic N) is 1. The van der Waals surface area contributed by atoms with Crippen LogP contribution in [0.15, 0.2) is 54.3 Å². The second-order valence-corrected chi connectivity index (χ2v) is 6.65. The fourth-order valence-electron chi connectivity index (χ4n) is 3.24. The molecule has 7 heteroatoms. The third-order valence-corrected chi connectivity index (χ3v) is 4.74. The topological polar surface area (TPSA) is 87.5 Å². The lowest BCUT2D eigenvalue weighted by Gasteiger charge is -2.13. The maximum absolute atomic E-state index is 13.1. The smallest absolute Gasteiger partial charge is 0.412 e. The van der Waals surface area contributed by atoms with Crippen molar-refractivity contribution < 1.29 is 23.7 Å². The molecule has 0 radical (unpaired) electrons. The Morgan fingerprint density at radius 3 is 2.82 bits per heavy atom. The van der Waals surface area contributed by atoms with Crippen LogP contribution in [0.1, 0.15) is 18.4 Å². The molecule has 0 saturated carbocycles. The standard InChI is InChI=1S/C21H23N3O4/c1-28-20(26)14-24-18-10-6-5-9-16(18)22-13-17(21(24)27)23-19(25)12-11-15-7-3-2-4-8-15/h2-9,17,22H,10-14H2,1H3/p+1/t17-/m0/s1. The second-order valence-electron chi connectivity index (χ2n) is 6.65. The van der Waals surface area contributed by atoms with Gasteiger partial charge in [-0.2, -0.15) is 0 Å². The molecule has 2 amide bonds. The summed E-state index contributed by atoms with van der Waals surface area (Å²) >= 11 is 0. The van der Waals surface area contributed by atoms with Crippen LogP contribution in [0.4, 0.5) is 0 Å². The van der Waals surface area contributed by atoms with Crippen LogP contribution in [0.5, 0.6) is 0 Å². The highest BCUT2D eigenvalue weighted by molar-refractivity contribution is 6.02. The van der Waals surface area contributed by atoms with Crippen LogP contribution in [0.3, 0.4) is 0 Å². The number of nitrogens with one attached hydrogen (secondary N) is 2. The van der Waals surface area contributed by atoms with Gasteiger partial charge in [0, 0.05) is 13.0 Å². The van der Waals surface area contributed by atoms with Crippen LogP contribution in [-0.4, -0.2) is 54.3 Å². The van der Waals surface area contributed by atoms with Crippen molar-refractivity contribution in [1.82, 2.24) is 10.6 Å². The maximum atomic E-state index is 13.1. The third-order valence-electron chi connectivity index (χ3n) is 4.74. The summed E-state index contributed by atoms with van der Waals surface area (Å²) in [5.74, 6) is -1.03. The molecule has 1 aromatic rings. The molecule has 28 heavy (non-hydrogen) atoms. The van der Waals surface area contributed by atoms with Crippen LogP contribution >= 0.6 is 0 Å². The van der Waals surface area contributed by atoms with Gasteiger partial charge in [-0.15, -0.1) is 4.58 Å². The minimum Gasteiger partial charge on any atom is -0.464 e. The summed E-state index contributed by atoms with van der Waals surface area (Å²) in [5, 5.41) is 6.01. The highest BCUT2D eigenvalue weighted by Gasteiger charge is 2.39. The van der Waals surface area contributed by atoms with Crippen molar-refractivity contribution in [2.45, 2.75) is 25.3 Å². The Bertz CT molecular complexity index is 856. The van der Waals surface area contributed by atoms with Crippen molar-refractivity contribution in [2.24, 2.45) is 0 Å². The summed E-state index contributed by atoms with van der Waals surface area (Å²) in [6.45, 7) is 0.0741. The molecular formula is C21H24N3O4+. The van der Waals surface area contributed by atoms with Gasteiger partial charge >= 0.3 is 11.9 Å². The summed E-state index contributed by atoms with van der Waals surface area (Å²) in [6.07, 6.45) is 7.07. The molecule has 1 atom stereocenters. The molecule has 0 saturated heterocycles. The van der Waals surface area contributed by atoms with E-state index >= 15 is 0 Å². The zero-order chi connectivity index (χ0) is 19.9. The van der Waals surface area contributed by atoms with Crippen molar-refractivity contribution in [3.8, 4) is 0 Å².